The number of carboxylic acid groups (broad SMARTS) is 1. The Balaban J connectivity index is 2.66. The predicted octanol–water partition coefficient (Wildman–Crippen LogP) is 1.11. The molecule has 0 aromatic heterocycles. The monoisotopic (exact) mass is 257 g/mol. The van der Waals surface area contributed by atoms with Gasteiger partial charge in [-0.25, -0.2) is 0 Å². The van der Waals surface area contributed by atoms with Gasteiger partial charge in [0, 0.05) is 18.5 Å². The van der Waals surface area contributed by atoms with Gasteiger partial charge in [0.2, 0.25) is 5.91 Å². The van der Waals surface area contributed by atoms with Crippen molar-refractivity contribution in [1.29, 1.82) is 0 Å². The van der Waals surface area contributed by atoms with Crippen molar-refractivity contribution in [3.05, 3.63) is 0 Å². The van der Waals surface area contributed by atoms with E-state index in [0.717, 1.165) is 12.8 Å². The number of hydrogen-bond donors (Lipinski definition) is 2. The Kier molecular flexibility index (Phi) is 5.59. The Bertz CT molecular complexity index is 303. The quantitative estimate of drug-likeness (QED) is 0.773. The highest BCUT2D eigenvalue weighted by Gasteiger charge is 2.33. The molecule has 0 heterocycles. The molecule has 2 atom stereocenters. The van der Waals surface area contributed by atoms with Crippen molar-refractivity contribution in [3.8, 4) is 0 Å². The highest BCUT2D eigenvalue weighted by molar-refractivity contribution is 5.80. The maximum Gasteiger partial charge on any atom is 0.306 e. The molecule has 18 heavy (non-hydrogen) atoms. The van der Waals surface area contributed by atoms with Gasteiger partial charge in [-0.3, -0.25) is 9.59 Å². The minimum atomic E-state index is -0.800. The first-order chi connectivity index (χ1) is 8.47. The van der Waals surface area contributed by atoms with Crippen molar-refractivity contribution in [2.45, 2.75) is 45.6 Å². The summed E-state index contributed by atoms with van der Waals surface area (Å²) < 4.78 is 0. The summed E-state index contributed by atoms with van der Waals surface area (Å²) >= 11 is 0. The second kappa shape index (κ2) is 6.73. The van der Waals surface area contributed by atoms with Crippen molar-refractivity contribution in [1.82, 2.24) is 4.90 Å². The Labute approximate surface area is 108 Å². The molecular formula is C13H23NO4. The summed E-state index contributed by atoms with van der Waals surface area (Å²) in [6.07, 6.45) is 2.65. The maximum atomic E-state index is 12.3. The maximum absolute atomic E-state index is 12.3. The van der Waals surface area contributed by atoms with Gasteiger partial charge >= 0.3 is 5.97 Å². The lowest BCUT2D eigenvalue weighted by Crippen LogP contribution is -2.44. The fraction of sp³-hybridized carbons (Fsp3) is 0.846. The lowest BCUT2D eigenvalue weighted by atomic mass is 9.80. The van der Waals surface area contributed by atoms with Crippen LogP contribution >= 0.6 is 0 Å². The molecule has 0 bridgehead atoms. The van der Waals surface area contributed by atoms with Crippen LogP contribution in [-0.4, -0.2) is 46.2 Å². The Morgan fingerprint density at radius 1 is 1.28 bits per heavy atom. The standard InChI is InChI=1S/C13H23NO4/c1-9(2)14(6-7-15)12(16)10-4-3-5-11(8-10)13(17)18/h9-11,15H,3-8H2,1-2H3,(H,17,18). The number of rotatable bonds is 5. The first kappa shape index (κ1) is 15.0. The van der Waals surface area contributed by atoms with Crippen LogP contribution < -0.4 is 0 Å². The van der Waals surface area contributed by atoms with Crippen LogP contribution in [0.15, 0.2) is 0 Å². The van der Waals surface area contributed by atoms with E-state index in [2.05, 4.69) is 0 Å². The van der Waals surface area contributed by atoms with E-state index in [1.54, 1.807) is 4.90 Å². The van der Waals surface area contributed by atoms with Crippen molar-refractivity contribution in [2.75, 3.05) is 13.2 Å². The van der Waals surface area contributed by atoms with E-state index in [1.165, 1.54) is 0 Å². The lowest BCUT2D eigenvalue weighted by molar-refractivity contribution is -0.146. The zero-order valence-electron chi connectivity index (χ0n) is 11.1. The molecule has 0 aromatic carbocycles. The lowest BCUT2D eigenvalue weighted by Gasteiger charge is -2.33. The Morgan fingerprint density at radius 2 is 1.89 bits per heavy atom. The van der Waals surface area contributed by atoms with E-state index < -0.39 is 11.9 Å². The van der Waals surface area contributed by atoms with E-state index in [9.17, 15) is 9.59 Å². The molecule has 0 radical (unpaired) electrons. The third-order valence-corrected chi connectivity index (χ3v) is 3.62. The van der Waals surface area contributed by atoms with Crippen LogP contribution in [0.5, 0.6) is 0 Å². The van der Waals surface area contributed by atoms with Crippen LogP contribution in [0.25, 0.3) is 0 Å². The van der Waals surface area contributed by atoms with Gasteiger partial charge < -0.3 is 15.1 Å². The summed E-state index contributed by atoms with van der Waals surface area (Å²) in [4.78, 5) is 25.0. The van der Waals surface area contributed by atoms with Crippen molar-refractivity contribution in [3.63, 3.8) is 0 Å². The molecule has 0 aliphatic heterocycles. The summed E-state index contributed by atoms with van der Waals surface area (Å²) in [5.41, 5.74) is 0. The Hall–Kier alpha value is -1.10. The predicted molar refractivity (Wildman–Crippen MR) is 67.0 cm³/mol. The number of aliphatic carboxylic acids is 1. The molecule has 1 saturated carbocycles. The summed E-state index contributed by atoms with van der Waals surface area (Å²) in [6, 6.07) is 0.0369. The van der Waals surface area contributed by atoms with Gasteiger partial charge in [-0.15, -0.1) is 0 Å². The molecular weight excluding hydrogens is 234 g/mol. The first-order valence-corrected chi connectivity index (χ1v) is 6.61. The minimum Gasteiger partial charge on any atom is -0.481 e. The zero-order valence-corrected chi connectivity index (χ0v) is 11.1. The average Bonchev–Trinajstić information content (AvgIpc) is 2.35. The molecule has 1 aliphatic carbocycles. The van der Waals surface area contributed by atoms with Crippen LogP contribution in [0.2, 0.25) is 0 Å². The van der Waals surface area contributed by atoms with Gasteiger partial charge in [0.25, 0.3) is 0 Å². The van der Waals surface area contributed by atoms with Crippen LogP contribution in [-0.2, 0) is 9.59 Å². The molecule has 2 unspecified atom stereocenters. The van der Waals surface area contributed by atoms with Gasteiger partial charge in [-0.05, 0) is 33.1 Å². The SMILES string of the molecule is CC(C)N(CCO)C(=O)C1CCCC(C(=O)O)C1. The van der Waals surface area contributed by atoms with Gasteiger partial charge in [0.15, 0.2) is 0 Å². The van der Waals surface area contributed by atoms with Crippen LogP contribution in [0.1, 0.15) is 39.5 Å². The third-order valence-electron chi connectivity index (χ3n) is 3.62. The van der Waals surface area contributed by atoms with E-state index in [4.69, 9.17) is 10.2 Å². The van der Waals surface area contributed by atoms with Crippen LogP contribution in [0.4, 0.5) is 0 Å². The fourth-order valence-electron chi connectivity index (χ4n) is 2.60. The fourth-order valence-corrected chi connectivity index (χ4v) is 2.60. The van der Waals surface area contributed by atoms with Gasteiger partial charge in [-0.2, -0.15) is 0 Å². The van der Waals surface area contributed by atoms with E-state index in [-0.39, 0.29) is 24.5 Å². The first-order valence-electron chi connectivity index (χ1n) is 6.61. The number of amides is 1. The van der Waals surface area contributed by atoms with Crippen molar-refractivity contribution in [2.24, 2.45) is 11.8 Å². The highest BCUT2D eigenvalue weighted by Crippen LogP contribution is 2.30. The third kappa shape index (κ3) is 3.70. The van der Waals surface area contributed by atoms with E-state index in [1.807, 2.05) is 13.8 Å². The smallest absolute Gasteiger partial charge is 0.306 e. The molecule has 0 spiro atoms. The van der Waals surface area contributed by atoms with Crippen molar-refractivity contribution < 1.29 is 19.8 Å². The highest BCUT2D eigenvalue weighted by atomic mass is 16.4. The number of carbonyl (C=O) groups is 2. The van der Waals surface area contributed by atoms with Gasteiger partial charge in [-0.1, -0.05) is 6.42 Å². The topological polar surface area (TPSA) is 77.8 Å². The van der Waals surface area contributed by atoms with Crippen LogP contribution in [0, 0.1) is 11.8 Å². The number of carboxylic acids is 1. The minimum absolute atomic E-state index is 0.00926. The van der Waals surface area contributed by atoms with Gasteiger partial charge in [0.05, 0.1) is 12.5 Å². The van der Waals surface area contributed by atoms with Gasteiger partial charge in [0.1, 0.15) is 0 Å². The largest absolute Gasteiger partial charge is 0.481 e. The normalized spacial score (nSPS) is 24.0. The molecule has 1 rings (SSSR count). The van der Waals surface area contributed by atoms with Crippen LogP contribution in [0.3, 0.4) is 0 Å². The summed E-state index contributed by atoms with van der Waals surface area (Å²) in [5, 5.41) is 18.0. The van der Waals surface area contributed by atoms with E-state index >= 15 is 0 Å². The summed E-state index contributed by atoms with van der Waals surface area (Å²) in [6.45, 7) is 4.08. The molecule has 5 heteroatoms. The Morgan fingerprint density at radius 3 is 2.39 bits per heavy atom. The number of carbonyl (C=O) groups excluding carboxylic acids is 1. The molecule has 104 valence electrons. The molecule has 0 aromatic rings. The molecule has 1 aliphatic rings. The second-order valence-electron chi connectivity index (χ2n) is 5.25. The summed E-state index contributed by atoms with van der Waals surface area (Å²) in [5.74, 6) is -1.40. The average molecular weight is 257 g/mol. The second-order valence-corrected chi connectivity index (χ2v) is 5.25. The zero-order chi connectivity index (χ0) is 13.7. The number of aliphatic hydroxyl groups excluding tert-OH is 1. The molecule has 2 N–H and O–H groups in total. The molecule has 1 amide bonds. The number of nitrogens with zero attached hydrogens (tertiary/aromatic N) is 1. The molecule has 0 saturated heterocycles. The summed E-state index contributed by atoms with van der Waals surface area (Å²) in [7, 11) is 0. The van der Waals surface area contributed by atoms with E-state index in [0.29, 0.717) is 19.4 Å². The van der Waals surface area contributed by atoms with Crippen molar-refractivity contribution >= 4 is 11.9 Å². The molecule has 5 nitrogen and oxygen atoms in total. The number of hydrogen-bond acceptors (Lipinski definition) is 3. The molecule has 1 fully saturated rings. The number of aliphatic hydroxyl groups is 1.